The lowest BCUT2D eigenvalue weighted by atomic mass is 10.2. The number of hydrogen-bond acceptors (Lipinski definition) is 4. The molecule has 122 valence electrons. The van der Waals surface area contributed by atoms with Gasteiger partial charge in [0.1, 0.15) is 6.61 Å². The summed E-state index contributed by atoms with van der Waals surface area (Å²) in [4.78, 5) is 7.98. The molecule has 2 aromatic carbocycles. The average molecular weight is 323 g/mol. The summed E-state index contributed by atoms with van der Waals surface area (Å²) in [6.45, 7) is 2.84. The molecule has 0 aliphatic rings. The van der Waals surface area contributed by atoms with E-state index < -0.39 is 5.82 Å². The minimum absolute atomic E-state index is 0.132. The smallest absolute Gasteiger partial charge is 0.318 e. The van der Waals surface area contributed by atoms with Gasteiger partial charge in [-0.15, -0.1) is 0 Å². The Kier molecular flexibility index (Phi) is 5.01. The second-order valence-electron chi connectivity index (χ2n) is 5.46. The van der Waals surface area contributed by atoms with Crippen LogP contribution in [0.4, 0.5) is 10.2 Å². The Balaban J connectivity index is 1.63. The van der Waals surface area contributed by atoms with Crippen molar-refractivity contribution >= 4 is 5.82 Å². The Morgan fingerprint density at radius 3 is 2.50 bits per heavy atom. The second kappa shape index (κ2) is 7.55. The molecule has 24 heavy (non-hydrogen) atoms. The van der Waals surface area contributed by atoms with E-state index in [4.69, 9.17) is 4.74 Å². The number of aryl methyl sites for hydroxylation is 1. The molecule has 0 aliphatic heterocycles. The van der Waals surface area contributed by atoms with Gasteiger partial charge < -0.3 is 10.1 Å². The summed E-state index contributed by atoms with van der Waals surface area (Å²) in [5.74, 6) is -0.374. The van der Waals surface area contributed by atoms with Crippen LogP contribution in [0, 0.1) is 12.7 Å². The van der Waals surface area contributed by atoms with Crippen LogP contribution in [0.1, 0.15) is 16.7 Å². The third kappa shape index (κ3) is 4.29. The molecule has 0 amide bonds. The average Bonchev–Trinajstić information content (AvgIpc) is 2.62. The quantitative estimate of drug-likeness (QED) is 0.741. The van der Waals surface area contributed by atoms with E-state index in [1.165, 1.54) is 5.56 Å². The summed E-state index contributed by atoms with van der Waals surface area (Å²) in [5.41, 5.74) is 3.23. The number of aromatic nitrogens is 2. The van der Waals surface area contributed by atoms with Crippen LogP contribution in [-0.2, 0) is 13.2 Å². The molecule has 4 nitrogen and oxygen atoms in total. The molecule has 0 unspecified atom stereocenters. The largest absolute Gasteiger partial charge is 0.459 e. The topological polar surface area (TPSA) is 47.0 Å². The van der Waals surface area contributed by atoms with Crippen molar-refractivity contribution in [1.29, 1.82) is 0 Å². The number of hydrogen-bond donors (Lipinski definition) is 1. The first kappa shape index (κ1) is 15.9. The van der Waals surface area contributed by atoms with Crippen LogP contribution >= 0.6 is 0 Å². The van der Waals surface area contributed by atoms with Gasteiger partial charge in [0.25, 0.3) is 0 Å². The van der Waals surface area contributed by atoms with Gasteiger partial charge in [0.2, 0.25) is 0 Å². The summed E-state index contributed by atoms with van der Waals surface area (Å²) < 4.78 is 19.4. The van der Waals surface area contributed by atoms with Crippen molar-refractivity contribution in [3.05, 3.63) is 83.3 Å². The molecule has 1 N–H and O–H groups in total. The fourth-order valence-corrected chi connectivity index (χ4v) is 2.16. The Labute approximate surface area is 140 Å². The first-order chi connectivity index (χ1) is 11.7. The summed E-state index contributed by atoms with van der Waals surface area (Å²) in [6, 6.07) is 17.8. The highest BCUT2D eigenvalue weighted by Gasteiger charge is 2.08. The SMILES string of the molecule is Cc1ccc(COc2ncc(F)c(NCc3ccccc3)n2)cc1. The molecule has 1 heterocycles. The predicted octanol–water partition coefficient (Wildman–Crippen LogP) is 4.12. The van der Waals surface area contributed by atoms with Crippen molar-refractivity contribution in [3.8, 4) is 6.01 Å². The Hall–Kier alpha value is -2.95. The van der Waals surface area contributed by atoms with Crippen molar-refractivity contribution in [3.63, 3.8) is 0 Å². The molecule has 3 rings (SSSR count). The molecule has 0 radical (unpaired) electrons. The van der Waals surface area contributed by atoms with Crippen molar-refractivity contribution in [2.75, 3.05) is 5.32 Å². The maximum atomic E-state index is 13.8. The highest BCUT2D eigenvalue weighted by Crippen LogP contribution is 2.15. The molecule has 3 aromatic rings. The van der Waals surface area contributed by atoms with Crippen LogP contribution in [0.25, 0.3) is 0 Å². The van der Waals surface area contributed by atoms with Gasteiger partial charge in [-0.05, 0) is 18.1 Å². The van der Waals surface area contributed by atoms with Gasteiger partial charge in [-0.25, -0.2) is 9.37 Å². The lowest BCUT2D eigenvalue weighted by Crippen LogP contribution is -2.07. The van der Waals surface area contributed by atoms with E-state index in [-0.39, 0.29) is 11.8 Å². The molecule has 0 saturated heterocycles. The highest BCUT2D eigenvalue weighted by molar-refractivity contribution is 5.37. The number of benzene rings is 2. The van der Waals surface area contributed by atoms with Gasteiger partial charge in [0.05, 0.1) is 6.20 Å². The zero-order valence-electron chi connectivity index (χ0n) is 13.4. The molecule has 0 fully saturated rings. The zero-order chi connectivity index (χ0) is 16.8. The molecule has 0 spiro atoms. The van der Waals surface area contributed by atoms with E-state index >= 15 is 0 Å². The minimum atomic E-state index is -0.506. The van der Waals surface area contributed by atoms with Gasteiger partial charge in [0.15, 0.2) is 11.6 Å². The minimum Gasteiger partial charge on any atom is -0.459 e. The third-order valence-corrected chi connectivity index (χ3v) is 3.51. The molecular weight excluding hydrogens is 305 g/mol. The summed E-state index contributed by atoms with van der Waals surface area (Å²) >= 11 is 0. The van der Waals surface area contributed by atoms with Gasteiger partial charge in [-0.3, -0.25) is 0 Å². The van der Waals surface area contributed by atoms with E-state index in [0.29, 0.717) is 13.2 Å². The molecular formula is C19H18FN3O. The summed E-state index contributed by atoms with van der Waals surface area (Å²) in [7, 11) is 0. The van der Waals surface area contributed by atoms with E-state index in [0.717, 1.165) is 17.3 Å². The molecule has 5 heteroatoms. The van der Waals surface area contributed by atoms with Gasteiger partial charge in [0, 0.05) is 6.54 Å². The number of halogens is 1. The normalized spacial score (nSPS) is 10.4. The van der Waals surface area contributed by atoms with Gasteiger partial charge in [-0.1, -0.05) is 60.2 Å². The van der Waals surface area contributed by atoms with Crippen LogP contribution in [0.15, 0.2) is 60.8 Å². The fourth-order valence-electron chi connectivity index (χ4n) is 2.16. The maximum Gasteiger partial charge on any atom is 0.318 e. The van der Waals surface area contributed by atoms with Crippen LogP contribution in [0.2, 0.25) is 0 Å². The molecule has 0 saturated carbocycles. The van der Waals surface area contributed by atoms with E-state index in [1.807, 2.05) is 61.5 Å². The standard InChI is InChI=1S/C19H18FN3O/c1-14-7-9-16(10-8-14)13-24-19-22-12-17(20)18(23-19)21-11-15-5-3-2-4-6-15/h2-10,12H,11,13H2,1H3,(H,21,22,23). The lowest BCUT2D eigenvalue weighted by Gasteiger charge is -2.09. The molecule has 1 aromatic heterocycles. The number of rotatable bonds is 6. The van der Waals surface area contributed by atoms with Crippen molar-refractivity contribution in [2.45, 2.75) is 20.1 Å². The predicted molar refractivity (Wildman–Crippen MR) is 91.3 cm³/mol. The molecule has 0 atom stereocenters. The number of ether oxygens (including phenoxy) is 1. The number of nitrogens with one attached hydrogen (secondary N) is 1. The molecule has 0 bridgehead atoms. The van der Waals surface area contributed by atoms with Crippen LogP contribution in [-0.4, -0.2) is 9.97 Å². The maximum absolute atomic E-state index is 13.8. The monoisotopic (exact) mass is 323 g/mol. The fraction of sp³-hybridized carbons (Fsp3) is 0.158. The first-order valence-corrected chi connectivity index (χ1v) is 7.69. The Morgan fingerprint density at radius 1 is 1.00 bits per heavy atom. The van der Waals surface area contributed by atoms with Crippen molar-refractivity contribution in [2.24, 2.45) is 0 Å². The van der Waals surface area contributed by atoms with Crippen molar-refractivity contribution < 1.29 is 9.13 Å². The zero-order valence-corrected chi connectivity index (χ0v) is 13.4. The van der Waals surface area contributed by atoms with E-state index in [9.17, 15) is 4.39 Å². The Morgan fingerprint density at radius 2 is 1.75 bits per heavy atom. The highest BCUT2D eigenvalue weighted by atomic mass is 19.1. The van der Waals surface area contributed by atoms with Crippen molar-refractivity contribution in [1.82, 2.24) is 9.97 Å². The van der Waals surface area contributed by atoms with Gasteiger partial charge in [-0.2, -0.15) is 4.98 Å². The van der Waals surface area contributed by atoms with Crippen LogP contribution in [0.3, 0.4) is 0 Å². The summed E-state index contributed by atoms with van der Waals surface area (Å²) in [5, 5.41) is 2.97. The number of anilines is 1. The second-order valence-corrected chi connectivity index (χ2v) is 5.46. The van der Waals surface area contributed by atoms with Crippen LogP contribution < -0.4 is 10.1 Å². The van der Waals surface area contributed by atoms with Gasteiger partial charge >= 0.3 is 6.01 Å². The third-order valence-electron chi connectivity index (χ3n) is 3.51. The first-order valence-electron chi connectivity index (χ1n) is 7.69. The summed E-state index contributed by atoms with van der Waals surface area (Å²) in [6.07, 6.45) is 1.12. The number of nitrogens with zero attached hydrogens (tertiary/aromatic N) is 2. The Bertz CT molecular complexity index is 791. The molecule has 0 aliphatic carbocycles. The van der Waals surface area contributed by atoms with E-state index in [2.05, 4.69) is 15.3 Å². The van der Waals surface area contributed by atoms with Crippen LogP contribution in [0.5, 0.6) is 6.01 Å². The van der Waals surface area contributed by atoms with E-state index in [1.54, 1.807) is 0 Å². The lowest BCUT2D eigenvalue weighted by molar-refractivity contribution is 0.280.